The summed E-state index contributed by atoms with van der Waals surface area (Å²) in [5, 5.41) is 11.1. The van der Waals surface area contributed by atoms with Crippen LogP contribution in [0.2, 0.25) is 0 Å². The molecule has 0 aromatic heterocycles. The second-order valence-corrected chi connectivity index (χ2v) is 7.00. The van der Waals surface area contributed by atoms with Crippen LogP contribution in [0.15, 0.2) is 24.3 Å². The zero-order chi connectivity index (χ0) is 15.3. The minimum atomic E-state index is -3.53. The summed E-state index contributed by atoms with van der Waals surface area (Å²) in [5.74, 6) is -0.225. The van der Waals surface area contributed by atoms with Crippen LogP contribution in [0.4, 0.5) is 5.69 Å². The Hall–Kier alpha value is -1.15. The first kappa shape index (κ1) is 18.9. The SMILES string of the molecule is Cl.NS(=O)(=O)Cc1ccc(NC(=O)CCC2CCCN2)cc1. The molecule has 1 aromatic rings. The molecule has 2 rings (SSSR count). The van der Waals surface area contributed by atoms with Gasteiger partial charge in [0.2, 0.25) is 15.9 Å². The standard InChI is InChI=1S/C14H21N3O3S.ClH/c15-21(19,20)10-11-3-5-13(6-4-11)17-14(18)8-7-12-2-1-9-16-12;/h3-6,12,16H,1-2,7-10H2,(H,17,18)(H2,15,19,20);1H. The van der Waals surface area contributed by atoms with E-state index in [4.69, 9.17) is 5.14 Å². The van der Waals surface area contributed by atoms with Gasteiger partial charge in [0.1, 0.15) is 0 Å². The van der Waals surface area contributed by atoms with Crippen LogP contribution < -0.4 is 15.8 Å². The molecule has 1 aliphatic rings. The van der Waals surface area contributed by atoms with Crippen LogP contribution in [0.5, 0.6) is 0 Å². The fraction of sp³-hybridized carbons (Fsp3) is 0.500. The molecule has 4 N–H and O–H groups in total. The largest absolute Gasteiger partial charge is 0.326 e. The number of carbonyl (C=O) groups is 1. The molecule has 1 saturated heterocycles. The van der Waals surface area contributed by atoms with E-state index >= 15 is 0 Å². The summed E-state index contributed by atoms with van der Waals surface area (Å²) >= 11 is 0. The highest BCUT2D eigenvalue weighted by atomic mass is 35.5. The molecule has 22 heavy (non-hydrogen) atoms. The summed E-state index contributed by atoms with van der Waals surface area (Å²) in [5.41, 5.74) is 1.27. The Morgan fingerprint density at radius 3 is 2.55 bits per heavy atom. The van der Waals surface area contributed by atoms with Crippen molar-refractivity contribution in [1.82, 2.24) is 5.32 Å². The fourth-order valence-corrected chi connectivity index (χ4v) is 3.11. The van der Waals surface area contributed by atoms with Crippen LogP contribution in [-0.2, 0) is 20.6 Å². The molecule has 1 unspecified atom stereocenters. The second-order valence-electron chi connectivity index (χ2n) is 5.38. The van der Waals surface area contributed by atoms with Gasteiger partial charge in [-0.2, -0.15) is 0 Å². The fourth-order valence-electron chi connectivity index (χ4n) is 2.45. The Morgan fingerprint density at radius 1 is 1.32 bits per heavy atom. The number of hydrogen-bond donors (Lipinski definition) is 3. The van der Waals surface area contributed by atoms with Gasteiger partial charge in [-0.05, 0) is 43.5 Å². The highest BCUT2D eigenvalue weighted by Gasteiger charge is 2.15. The van der Waals surface area contributed by atoms with E-state index < -0.39 is 10.0 Å². The van der Waals surface area contributed by atoms with Gasteiger partial charge in [-0.15, -0.1) is 12.4 Å². The Morgan fingerprint density at radius 2 is 2.00 bits per heavy atom. The normalized spacial score (nSPS) is 17.8. The maximum absolute atomic E-state index is 11.8. The highest BCUT2D eigenvalue weighted by Crippen LogP contribution is 2.14. The van der Waals surface area contributed by atoms with Crippen LogP contribution in [0.1, 0.15) is 31.2 Å². The summed E-state index contributed by atoms with van der Waals surface area (Å²) in [6.45, 7) is 1.04. The summed E-state index contributed by atoms with van der Waals surface area (Å²) in [4.78, 5) is 11.8. The number of sulfonamides is 1. The molecule has 0 aliphatic carbocycles. The van der Waals surface area contributed by atoms with E-state index in [2.05, 4.69) is 10.6 Å². The van der Waals surface area contributed by atoms with Crippen molar-refractivity contribution in [2.24, 2.45) is 5.14 Å². The highest BCUT2D eigenvalue weighted by molar-refractivity contribution is 7.88. The first-order valence-corrected chi connectivity index (χ1v) is 8.76. The van der Waals surface area contributed by atoms with Crippen molar-refractivity contribution in [1.29, 1.82) is 0 Å². The topological polar surface area (TPSA) is 101 Å². The van der Waals surface area contributed by atoms with Crippen LogP contribution in [0, 0.1) is 0 Å². The van der Waals surface area contributed by atoms with Gasteiger partial charge in [0, 0.05) is 18.2 Å². The minimum Gasteiger partial charge on any atom is -0.326 e. The zero-order valence-electron chi connectivity index (χ0n) is 12.2. The third kappa shape index (κ3) is 6.74. The first-order valence-electron chi connectivity index (χ1n) is 7.05. The summed E-state index contributed by atoms with van der Waals surface area (Å²) in [7, 11) is -3.53. The van der Waals surface area contributed by atoms with Gasteiger partial charge in [-0.3, -0.25) is 4.79 Å². The second kappa shape index (κ2) is 8.47. The van der Waals surface area contributed by atoms with Crippen molar-refractivity contribution in [3.8, 4) is 0 Å². The Balaban J connectivity index is 0.00000242. The number of primary sulfonamides is 1. The third-order valence-electron chi connectivity index (χ3n) is 3.49. The quantitative estimate of drug-likeness (QED) is 0.723. The number of hydrogen-bond acceptors (Lipinski definition) is 4. The molecule has 124 valence electrons. The molecule has 1 aromatic carbocycles. The van der Waals surface area contributed by atoms with Crippen LogP contribution >= 0.6 is 12.4 Å². The lowest BCUT2D eigenvalue weighted by Gasteiger charge is -2.10. The molecule has 8 heteroatoms. The van der Waals surface area contributed by atoms with Gasteiger partial charge in [0.25, 0.3) is 0 Å². The Bertz CT molecular complexity index is 584. The molecule has 0 saturated carbocycles. The van der Waals surface area contributed by atoms with Gasteiger partial charge in [0.05, 0.1) is 5.75 Å². The molecule has 1 aliphatic heterocycles. The average Bonchev–Trinajstić information content (AvgIpc) is 2.90. The third-order valence-corrected chi connectivity index (χ3v) is 4.22. The maximum Gasteiger partial charge on any atom is 0.224 e. The van der Waals surface area contributed by atoms with Crippen LogP contribution in [-0.4, -0.2) is 26.9 Å². The van der Waals surface area contributed by atoms with E-state index in [1.807, 2.05) is 0 Å². The lowest BCUT2D eigenvalue weighted by atomic mass is 10.1. The van der Waals surface area contributed by atoms with Gasteiger partial charge in [0.15, 0.2) is 0 Å². The van der Waals surface area contributed by atoms with E-state index in [0.717, 1.165) is 19.4 Å². The van der Waals surface area contributed by atoms with E-state index in [-0.39, 0.29) is 24.1 Å². The Kier molecular flexibility index (Phi) is 7.28. The maximum atomic E-state index is 11.8. The van der Waals surface area contributed by atoms with Gasteiger partial charge >= 0.3 is 0 Å². The molecular formula is C14H22ClN3O3S. The van der Waals surface area contributed by atoms with Crippen molar-refractivity contribution in [2.45, 2.75) is 37.5 Å². The predicted molar refractivity (Wildman–Crippen MR) is 89.4 cm³/mol. The lowest BCUT2D eigenvalue weighted by Crippen LogP contribution is -2.23. The molecule has 1 heterocycles. The molecule has 1 atom stereocenters. The van der Waals surface area contributed by atoms with Gasteiger partial charge < -0.3 is 10.6 Å². The van der Waals surface area contributed by atoms with Crippen molar-refractivity contribution in [3.63, 3.8) is 0 Å². The molecule has 1 fully saturated rings. The molecule has 0 bridgehead atoms. The average molecular weight is 348 g/mol. The van der Waals surface area contributed by atoms with Crippen molar-refractivity contribution < 1.29 is 13.2 Å². The zero-order valence-corrected chi connectivity index (χ0v) is 13.9. The molecule has 6 nitrogen and oxygen atoms in total. The van der Waals surface area contributed by atoms with Crippen molar-refractivity contribution in [3.05, 3.63) is 29.8 Å². The molecule has 0 spiro atoms. The molecule has 1 amide bonds. The summed E-state index contributed by atoms with van der Waals surface area (Å²) in [6, 6.07) is 7.13. The van der Waals surface area contributed by atoms with Gasteiger partial charge in [-0.1, -0.05) is 12.1 Å². The number of halogens is 1. The van der Waals surface area contributed by atoms with Gasteiger partial charge in [-0.25, -0.2) is 13.6 Å². The monoisotopic (exact) mass is 347 g/mol. The van der Waals surface area contributed by atoms with E-state index in [1.165, 1.54) is 6.42 Å². The number of nitrogens with two attached hydrogens (primary N) is 1. The lowest BCUT2D eigenvalue weighted by molar-refractivity contribution is -0.116. The smallest absolute Gasteiger partial charge is 0.224 e. The van der Waals surface area contributed by atoms with Crippen molar-refractivity contribution in [2.75, 3.05) is 11.9 Å². The molecule has 0 radical (unpaired) electrons. The number of anilines is 1. The number of carbonyl (C=O) groups excluding carboxylic acids is 1. The van der Waals surface area contributed by atoms with Crippen molar-refractivity contribution >= 4 is 34.0 Å². The van der Waals surface area contributed by atoms with E-state index in [9.17, 15) is 13.2 Å². The van der Waals surface area contributed by atoms with Crippen LogP contribution in [0.25, 0.3) is 0 Å². The van der Waals surface area contributed by atoms with Crippen LogP contribution in [0.3, 0.4) is 0 Å². The molecular weight excluding hydrogens is 326 g/mol. The predicted octanol–water partition coefficient (Wildman–Crippen LogP) is 1.37. The van der Waals surface area contributed by atoms with E-state index in [1.54, 1.807) is 24.3 Å². The number of amides is 1. The van der Waals surface area contributed by atoms with E-state index in [0.29, 0.717) is 23.7 Å². The first-order chi connectivity index (χ1) is 9.92. The summed E-state index contributed by atoms with van der Waals surface area (Å²) in [6.07, 6.45) is 3.64. The number of rotatable bonds is 6. The summed E-state index contributed by atoms with van der Waals surface area (Å²) < 4.78 is 22.0. The number of nitrogens with one attached hydrogen (secondary N) is 2. The minimum absolute atomic E-state index is 0. The number of benzene rings is 1. The Labute approximate surface area is 137 Å².